The second kappa shape index (κ2) is 22.6. The van der Waals surface area contributed by atoms with Crippen molar-refractivity contribution in [3.8, 4) is 23.3 Å². The van der Waals surface area contributed by atoms with Crippen LogP contribution in [0.1, 0.15) is 85.5 Å². The minimum Gasteiger partial charge on any atom is -0.423 e. The zero-order chi connectivity index (χ0) is 51.6. The van der Waals surface area contributed by atoms with Crippen LogP contribution in [0.4, 0.5) is 23.0 Å². The molecule has 4 aromatic heterocycles. The van der Waals surface area contributed by atoms with E-state index in [2.05, 4.69) is 52.6 Å². The molecule has 6 heterocycles. The van der Waals surface area contributed by atoms with E-state index in [4.69, 9.17) is 20.0 Å². The van der Waals surface area contributed by atoms with Crippen molar-refractivity contribution < 1.29 is 36.5 Å². The standard InChI is InChI=1S/C24H28N6O3S.C17H21BrN6O.C7H9BO4S.CH4/c1-4-19-23(31)28(2)20-15-26-24(27-22(20)30(19)17-7-5-6-8-17)29-14-13-25-21(29)16-9-11-18(12-10-16)34(3,32)33;1-3-12-15(25)22(2)13-10-20-17(23-9-8-19-16(23)18)21-14(13)24(12)11-6-4-5-7-11;1-13(11,12)7-4-2-6(3-5-7)8(9)10;/h9-15,17,19H,4-8H2,1-3H3;8-12H,3-7H2,1-2H3;2-5,9-10H,1H3;1H4/t19-;12-;;/m11../s1. The van der Waals surface area contributed by atoms with E-state index >= 15 is 0 Å². The number of aromatic nitrogens is 8. The maximum absolute atomic E-state index is 13.1. The van der Waals surface area contributed by atoms with Gasteiger partial charge in [-0.05, 0) is 96.3 Å². The lowest BCUT2D eigenvalue weighted by Crippen LogP contribution is -2.55. The minimum absolute atomic E-state index is 0. The Morgan fingerprint density at radius 3 is 1.44 bits per heavy atom. The molecule has 73 heavy (non-hydrogen) atoms. The fraction of sp³-hybridized carbons (Fsp3) is 0.429. The number of halogens is 1. The SMILES string of the molecule is C.CC[C@@H]1C(=O)N(C)c2cnc(-n3ccnc3-c3ccc(S(C)(=O)=O)cc3)nc2N1C1CCCC1.CC[C@@H]1C(=O)N(C)c2cnc(-n3ccnc3Br)nc2N1C1CCCC1.CS(=O)(=O)c1ccc(B(O)O)cc1. The lowest BCUT2D eigenvalue weighted by Gasteiger charge is -2.43. The normalized spacial score (nSPS) is 18.1. The van der Waals surface area contributed by atoms with E-state index in [1.165, 1.54) is 43.4 Å². The number of benzene rings is 2. The molecule has 0 spiro atoms. The zero-order valence-electron chi connectivity index (χ0n) is 40.9. The van der Waals surface area contributed by atoms with Gasteiger partial charge in [0.2, 0.25) is 23.7 Å². The molecule has 2 saturated carbocycles. The van der Waals surface area contributed by atoms with Gasteiger partial charge < -0.3 is 29.6 Å². The maximum atomic E-state index is 13.1. The van der Waals surface area contributed by atoms with Crippen LogP contribution in [0, 0.1) is 0 Å². The average molecular weight is 1100 g/mol. The molecule has 6 aromatic rings. The van der Waals surface area contributed by atoms with Crippen molar-refractivity contribution in [1.82, 2.24) is 39.0 Å². The summed E-state index contributed by atoms with van der Waals surface area (Å²) in [6, 6.07) is 12.3. The van der Waals surface area contributed by atoms with Crippen molar-refractivity contribution in [3.63, 3.8) is 0 Å². The molecule has 0 radical (unpaired) electrons. The summed E-state index contributed by atoms with van der Waals surface area (Å²) in [4.78, 5) is 61.7. The summed E-state index contributed by atoms with van der Waals surface area (Å²) < 4.78 is 49.9. The molecule has 0 saturated heterocycles. The van der Waals surface area contributed by atoms with Gasteiger partial charge in [0.25, 0.3) is 0 Å². The van der Waals surface area contributed by atoms with Crippen LogP contribution in [0.25, 0.3) is 23.3 Å². The summed E-state index contributed by atoms with van der Waals surface area (Å²) in [5.74, 6) is 3.46. The van der Waals surface area contributed by atoms with Crippen LogP contribution in [0.3, 0.4) is 0 Å². The fourth-order valence-electron chi connectivity index (χ4n) is 9.83. The van der Waals surface area contributed by atoms with Gasteiger partial charge in [0, 0.05) is 69.0 Å². The van der Waals surface area contributed by atoms with Crippen LogP contribution < -0.4 is 25.1 Å². The van der Waals surface area contributed by atoms with E-state index in [1.807, 2.05) is 20.2 Å². The van der Waals surface area contributed by atoms with Gasteiger partial charge in [-0.1, -0.05) is 59.1 Å². The monoisotopic (exact) mass is 1100 g/mol. The Balaban J connectivity index is 0.000000175. The van der Waals surface area contributed by atoms with Crippen LogP contribution in [0.2, 0.25) is 0 Å². The van der Waals surface area contributed by atoms with Crippen LogP contribution in [0.5, 0.6) is 0 Å². The molecule has 2 N–H and O–H groups in total. The Hall–Kier alpha value is -6.08. The number of carbonyl (C=O) groups excluding carboxylic acids is 2. The third-order valence-electron chi connectivity index (χ3n) is 13.6. The minimum atomic E-state index is -3.28. The zero-order valence-corrected chi connectivity index (χ0v) is 44.2. The smallest absolute Gasteiger partial charge is 0.423 e. The van der Waals surface area contributed by atoms with Crippen LogP contribution in [-0.2, 0) is 29.3 Å². The molecule has 0 bridgehead atoms. The van der Waals surface area contributed by atoms with Gasteiger partial charge in [-0.15, -0.1) is 0 Å². The summed E-state index contributed by atoms with van der Waals surface area (Å²) in [6.07, 6.45) is 23.3. The first kappa shape index (κ1) is 54.7. The number of likely N-dealkylation sites (N-methyl/N-ethyl adjacent to an activating group) is 2. The van der Waals surface area contributed by atoms with Crippen LogP contribution in [0.15, 0.2) is 100 Å². The van der Waals surface area contributed by atoms with Gasteiger partial charge in [-0.2, -0.15) is 9.97 Å². The number of rotatable bonds is 10. The molecule has 2 aliphatic heterocycles. The van der Waals surface area contributed by atoms with E-state index in [0.29, 0.717) is 40.6 Å². The average Bonchev–Trinajstić information content (AvgIpc) is 4.23. The van der Waals surface area contributed by atoms with E-state index < -0.39 is 26.8 Å². The number of anilines is 4. The summed E-state index contributed by atoms with van der Waals surface area (Å²) in [6.45, 7) is 4.11. The predicted molar refractivity (Wildman–Crippen MR) is 285 cm³/mol. The topological polar surface area (TPSA) is 243 Å². The van der Waals surface area contributed by atoms with E-state index in [-0.39, 0.29) is 52.6 Å². The molecule has 0 unspecified atom stereocenters. The number of hydrogen-bond donors (Lipinski definition) is 2. The number of carbonyl (C=O) groups is 2. The van der Waals surface area contributed by atoms with Crippen molar-refractivity contribution >= 4 is 83.0 Å². The van der Waals surface area contributed by atoms with Crippen molar-refractivity contribution in [1.29, 1.82) is 0 Å². The Kier molecular flexibility index (Phi) is 16.9. The van der Waals surface area contributed by atoms with Gasteiger partial charge in [0.15, 0.2) is 36.0 Å². The largest absolute Gasteiger partial charge is 0.488 e. The Labute approximate surface area is 435 Å². The highest BCUT2D eigenvalue weighted by molar-refractivity contribution is 9.10. The summed E-state index contributed by atoms with van der Waals surface area (Å²) in [5, 5.41) is 17.4. The highest BCUT2D eigenvalue weighted by Crippen LogP contribution is 2.41. The molecule has 2 aliphatic carbocycles. The third-order valence-corrected chi connectivity index (χ3v) is 16.5. The Morgan fingerprint density at radius 2 is 1.04 bits per heavy atom. The molecule has 10 rings (SSSR count). The lowest BCUT2D eigenvalue weighted by atomic mass is 9.81. The molecule has 2 atom stereocenters. The van der Waals surface area contributed by atoms with Crippen LogP contribution >= 0.6 is 15.9 Å². The molecule has 2 fully saturated rings. The molecule has 24 heteroatoms. The van der Waals surface area contributed by atoms with Gasteiger partial charge >= 0.3 is 7.12 Å². The Bertz CT molecular complexity index is 3150. The van der Waals surface area contributed by atoms with Gasteiger partial charge in [-0.25, -0.2) is 36.8 Å². The van der Waals surface area contributed by atoms with Crippen molar-refractivity contribution in [2.45, 2.75) is 119 Å². The number of amides is 2. The molecule has 388 valence electrons. The highest BCUT2D eigenvalue weighted by atomic mass is 79.9. The molecular formula is C49H62BBrN12O8S2. The van der Waals surface area contributed by atoms with Gasteiger partial charge in [0.05, 0.1) is 22.2 Å². The number of sulfone groups is 2. The summed E-state index contributed by atoms with van der Waals surface area (Å²) in [7, 11) is -4.46. The summed E-state index contributed by atoms with van der Waals surface area (Å²) >= 11 is 3.42. The first-order chi connectivity index (χ1) is 34.3. The van der Waals surface area contributed by atoms with Gasteiger partial charge in [-0.3, -0.25) is 18.7 Å². The number of imidazole rings is 2. The van der Waals surface area contributed by atoms with E-state index in [9.17, 15) is 26.4 Å². The molecule has 20 nitrogen and oxygen atoms in total. The van der Waals surface area contributed by atoms with Crippen molar-refractivity contribution in [3.05, 3.63) is 90.4 Å². The molecular weight excluding hydrogens is 1040 g/mol. The van der Waals surface area contributed by atoms with Crippen LogP contribution in [-0.4, -0.2) is 136 Å². The second-order valence-corrected chi connectivity index (χ2v) is 23.0. The second-order valence-electron chi connectivity index (χ2n) is 18.3. The first-order valence-corrected chi connectivity index (χ1v) is 28.4. The number of fused-ring (bicyclic) bond motifs is 2. The predicted octanol–water partition coefficient (Wildman–Crippen LogP) is 5.57. The molecule has 2 aromatic carbocycles. The lowest BCUT2D eigenvalue weighted by molar-refractivity contribution is -0.120. The van der Waals surface area contributed by atoms with Crippen molar-refractivity contribution in [2.75, 3.05) is 46.2 Å². The molecule has 4 aliphatic rings. The van der Waals surface area contributed by atoms with Gasteiger partial charge in [0.1, 0.15) is 29.3 Å². The van der Waals surface area contributed by atoms with E-state index in [0.717, 1.165) is 74.1 Å². The first-order valence-electron chi connectivity index (χ1n) is 23.9. The Morgan fingerprint density at radius 1 is 0.630 bits per heavy atom. The molecule has 2 amide bonds. The summed E-state index contributed by atoms with van der Waals surface area (Å²) in [5.41, 5.74) is 2.52. The maximum Gasteiger partial charge on any atom is 0.488 e. The quantitative estimate of drug-likeness (QED) is 0.159. The third kappa shape index (κ3) is 11.4. The van der Waals surface area contributed by atoms with Crippen molar-refractivity contribution in [2.24, 2.45) is 0 Å². The number of nitrogens with zero attached hydrogens (tertiary/aromatic N) is 12. The fourth-order valence-corrected chi connectivity index (χ4v) is 11.5. The number of hydrogen-bond acceptors (Lipinski definition) is 16. The van der Waals surface area contributed by atoms with E-state index in [1.54, 1.807) is 81.2 Å². The highest BCUT2D eigenvalue weighted by Gasteiger charge is 2.43.